The van der Waals surface area contributed by atoms with Crippen molar-refractivity contribution in [1.29, 1.82) is 0 Å². The van der Waals surface area contributed by atoms with Crippen molar-refractivity contribution in [2.24, 2.45) is 0 Å². The van der Waals surface area contributed by atoms with E-state index >= 15 is 0 Å². The van der Waals surface area contributed by atoms with E-state index in [-0.39, 0.29) is 35.9 Å². The number of hydrogen-bond acceptors (Lipinski definition) is 5. The Balaban J connectivity index is 0.00000210. The molecule has 2 aromatic rings. The Labute approximate surface area is 165 Å². The maximum absolute atomic E-state index is 12.8. The third kappa shape index (κ3) is 3.33. The van der Waals surface area contributed by atoms with E-state index in [1.807, 2.05) is 13.0 Å². The van der Waals surface area contributed by atoms with Crippen molar-refractivity contribution in [1.82, 2.24) is 20.6 Å². The van der Waals surface area contributed by atoms with Crippen molar-refractivity contribution < 1.29 is 9.53 Å². The zero-order chi connectivity index (χ0) is 18.1. The molecule has 144 valence electrons. The third-order valence-corrected chi connectivity index (χ3v) is 5.73. The van der Waals surface area contributed by atoms with E-state index in [0.717, 1.165) is 37.2 Å². The number of aromatic nitrogens is 2. The topological polar surface area (TPSA) is 76.1 Å². The quantitative estimate of drug-likeness (QED) is 0.843. The van der Waals surface area contributed by atoms with Crippen LogP contribution in [0.1, 0.15) is 46.2 Å². The molecular weight excluding hydrogens is 364 g/mol. The summed E-state index contributed by atoms with van der Waals surface area (Å²) < 4.78 is 5.98. The van der Waals surface area contributed by atoms with E-state index in [1.54, 1.807) is 13.3 Å². The summed E-state index contributed by atoms with van der Waals surface area (Å²) in [4.78, 5) is 21.2. The molecule has 0 unspecified atom stereocenters. The van der Waals surface area contributed by atoms with Gasteiger partial charge in [-0.3, -0.25) is 9.78 Å². The molecule has 1 amide bonds. The maximum atomic E-state index is 12.8. The minimum Gasteiger partial charge on any atom is -0.378 e. The second kappa shape index (κ2) is 7.92. The molecule has 1 saturated heterocycles. The molecule has 1 fully saturated rings. The Morgan fingerprint density at radius 3 is 2.63 bits per heavy atom. The van der Waals surface area contributed by atoms with Gasteiger partial charge in [-0.15, -0.1) is 12.4 Å². The molecule has 1 aliphatic carbocycles. The minimum absolute atomic E-state index is 0. The molecule has 27 heavy (non-hydrogen) atoms. The summed E-state index contributed by atoms with van der Waals surface area (Å²) in [6.07, 6.45) is 5.04. The summed E-state index contributed by atoms with van der Waals surface area (Å²) in [6, 6.07) is 8.19. The number of hydrogen-bond donors (Lipinski definition) is 2. The monoisotopic (exact) mass is 388 g/mol. The van der Waals surface area contributed by atoms with Gasteiger partial charge in [0.25, 0.3) is 5.91 Å². The van der Waals surface area contributed by atoms with Crippen LogP contribution in [-0.4, -0.2) is 42.2 Å². The highest BCUT2D eigenvalue weighted by atomic mass is 35.5. The van der Waals surface area contributed by atoms with E-state index in [9.17, 15) is 4.79 Å². The predicted octanol–water partition coefficient (Wildman–Crippen LogP) is 2.33. The Hall–Kier alpha value is -2.02. The van der Waals surface area contributed by atoms with Crippen molar-refractivity contribution in [3.63, 3.8) is 0 Å². The molecule has 1 aliphatic heterocycles. The number of amides is 1. The lowest BCUT2D eigenvalue weighted by atomic mass is 9.72. The Bertz CT molecular complexity index is 806. The van der Waals surface area contributed by atoms with E-state index < -0.39 is 0 Å². The number of benzene rings is 1. The molecule has 0 radical (unpaired) electrons. The van der Waals surface area contributed by atoms with E-state index in [2.05, 4.69) is 38.8 Å². The molecule has 2 atom stereocenters. The Morgan fingerprint density at radius 2 is 1.96 bits per heavy atom. The lowest BCUT2D eigenvalue weighted by molar-refractivity contribution is 0.00391. The molecule has 2 N–H and O–H groups in total. The fourth-order valence-corrected chi connectivity index (χ4v) is 4.52. The van der Waals surface area contributed by atoms with Crippen molar-refractivity contribution in [3.8, 4) is 0 Å². The van der Waals surface area contributed by atoms with Gasteiger partial charge in [-0.05, 0) is 44.0 Å². The van der Waals surface area contributed by atoms with Gasteiger partial charge in [0.15, 0.2) is 0 Å². The smallest absolute Gasteiger partial charge is 0.272 e. The van der Waals surface area contributed by atoms with Gasteiger partial charge in [0.2, 0.25) is 0 Å². The van der Waals surface area contributed by atoms with Gasteiger partial charge in [-0.25, -0.2) is 4.98 Å². The standard InChI is InChI=1S/C20H24N4O2.ClH/c1-13-11-23-16(12-22-13)19(25)24-17-14-5-3-4-6-15(14)20(18(17)26-2)7-9-21-10-8-20;/h3-6,11-12,17-18,21H,7-10H2,1-2H3,(H,24,25);1H/t17-,18+;/m1./s1. The number of aryl methyl sites for hydroxylation is 1. The van der Waals surface area contributed by atoms with Gasteiger partial charge in [0.05, 0.1) is 24.0 Å². The molecule has 1 aromatic heterocycles. The molecule has 7 heteroatoms. The average Bonchev–Trinajstić information content (AvgIpc) is 2.92. The number of carbonyl (C=O) groups is 1. The van der Waals surface area contributed by atoms with Crippen LogP contribution in [0.2, 0.25) is 0 Å². The fourth-order valence-electron chi connectivity index (χ4n) is 4.52. The van der Waals surface area contributed by atoms with Gasteiger partial charge in [0.1, 0.15) is 5.69 Å². The predicted molar refractivity (Wildman–Crippen MR) is 105 cm³/mol. The lowest BCUT2D eigenvalue weighted by Gasteiger charge is -2.40. The normalized spacial score (nSPS) is 22.7. The second-order valence-corrected chi connectivity index (χ2v) is 7.14. The first kappa shape index (κ1) is 19.7. The number of methoxy groups -OCH3 is 1. The summed E-state index contributed by atoms with van der Waals surface area (Å²) in [6.45, 7) is 3.76. The number of nitrogens with one attached hydrogen (secondary N) is 2. The first-order valence-electron chi connectivity index (χ1n) is 9.08. The van der Waals surface area contributed by atoms with Gasteiger partial charge < -0.3 is 15.4 Å². The third-order valence-electron chi connectivity index (χ3n) is 5.73. The molecule has 4 rings (SSSR count). The molecule has 0 bridgehead atoms. The van der Waals surface area contributed by atoms with Crippen LogP contribution in [0, 0.1) is 6.92 Å². The van der Waals surface area contributed by atoms with E-state index in [4.69, 9.17) is 4.74 Å². The first-order chi connectivity index (χ1) is 12.7. The molecule has 2 aliphatic rings. The molecule has 1 spiro atoms. The maximum Gasteiger partial charge on any atom is 0.272 e. The van der Waals surface area contributed by atoms with Gasteiger partial charge in [-0.2, -0.15) is 0 Å². The van der Waals surface area contributed by atoms with Gasteiger partial charge in [0, 0.05) is 18.7 Å². The highest BCUT2D eigenvalue weighted by Crippen LogP contribution is 2.51. The van der Waals surface area contributed by atoms with Crippen LogP contribution in [0.15, 0.2) is 36.7 Å². The van der Waals surface area contributed by atoms with E-state index in [0.29, 0.717) is 5.69 Å². The van der Waals surface area contributed by atoms with Crippen LogP contribution < -0.4 is 10.6 Å². The van der Waals surface area contributed by atoms with Crippen LogP contribution in [0.5, 0.6) is 0 Å². The zero-order valence-electron chi connectivity index (χ0n) is 15.6. The van der Waals surface area contributed by atoms with Crippen molar-refractivity contribution in [2.75, 3.05) is 20.2 Å². The number of nitrogens with zero attached hydrogens (tertiary/aromatic N) is 2. The van der Waals surface area contributed by atoms with Crippen LogP contribution in [0.25, 0.3) is 0 Å². The highest BCUT2D eigenvalue weighted by molar-refractivity contribution is 5.92. The van der Waals surface area contributed by atoms with Crippen molar-refractivity contribution in [3.05, 3.63) is 59.2 Å². The molecule has 0 saturated carbocycles. The van der Waals surface area contributed by atoms with E-state index in [1.165, 1.54) is 11.8 Å². The second-order valence-electron chi connectivity index (χ2n) is 7.14. The number of rotatable bonds is 3. The van der Waals surface area contributed by atoms with Crippen molar-refractivity contribution in [2.45, 2.75) is 37.3 Å². The molecule has 1 aromatic carbocycles. The number of halogens is 1. The minimum atomic E-state index is -0.217. The summed E-state index contributed by atoms with van der Waals surface area (Å²) in [5.41, 5.74) is 3.50. The molecule has 2 heterocycles. The number of fused-ring (bicyclic) bond motifs is 2. The zero-order valence-corrected chi connectivity index (χ0v) is 16.4. The molecular formula is C20H25ClN4O2. The summed E-state index contributed by atoms with van der Waals surface area (Å²) in [5, 5.41) is 6.59. The summed E-state index contributed by atoms with van der Waals surface area (Å²) in [5.74, 6) is -0.217. The first-order valence-corrected chi connectivity index (χ1v) is 9.08. The lowest BCUT2D eigenvalue weighted by Crippen LogP contribution is -2.49. The van der Waals surface area contributed by atoms with Crippen LogP contribution in [-0.2, 0) is 10.2 Å². The Kier molecular flexibility index (Phi) is 5.79. The molecule has 6 nitrogen and oxygen atoms in total. The number of piperidine rings is 1. The average molecular weight is 389 g/mol. The number of ether oxygens (including phenoxy) is 1. The van der Waals surface area contributed by atoms with Crippen molar-refractivity contribution >= 4 is 18.3 Å². The van der Waals surface area contributed by atoms with Gasteiger partial charge in [-0.1, -0.05) is 24.3 Å². The van der Waals surface area contributed by atoms with Crippen LogP contribution in [0.3, 0.4) is 0 Å². The summed E-state index contributed by atoms with van der Waals surface area (Å²) in [7, 11) is 1.74. The number of carbonyl (C=O) groups excluding carboxylic acids is 1. The highest BCUT2D eigenvalue weighted by Gasteiger charge is 2.53. The fraction of sp³-hybridized carbons (Fsp3) is 0.450. The SMILES string of the molecule is CO[C@H]1[C@H](NC(=O)c2cnc(C)cn2)c2ccccc2C12CCNCC2.Cl. The summed E-state index contributed by atoms with van der Waals surface area (Å²) >= 11 is 0. The van der Waals surface area contributed by atoms with Crippen LogP contribution >= 0.6 is 12.4 Å². The largest absolute Gasteiger partial charge is 0.378 e. The van der Waals surface area contributed by atoms with Crippen LogP contribution in [0.4, 0.5) is 0 Å². The van der Waals surface area contributed by atoms with Gasteiger partial charge >= 0.3 is 0 Å². The Morgan fingerprint density at radius 1 is 1.22 bits per heavy atom.